The highest BCUT2D eigenvalue weighted by molar-refractivity contribution is 6.06. The first-order valence-corrected chi connectivity index (χ1v) is 6.63. The van der Waals surface area contributed by atoms with E-state index in [1.807, 2.05) is 18.2 Å². The molecule has 4 heteroatoms. The van der Waals surface area contributed by atoms with Crippen molar-refractivity contribution >= 4 is 18.0 Å². The van der Waals surface area contributed by atoms with Crippen LogP contribution in [0.1, 0.15) is 36.0 Å². The van der Waals surface area contributed by atoms with Crippen LogP contribution in [0.3, 0.4) is 0 Å². The number of rotatable bonds is 4. The van der Waals surface area contributed by atoms with Crippen molar-refractivity contribution in [1.29, 1.82) is 0 Å². The standard InChI is InChI=1S/C16H18O4/c1-4-6-10-7-5-8-11-12(10)9-13(15(17)19-2)14(11)16(18)20-3/h5,7-9,14H,4,6H2,1-3H3. The van der Waals surface area contributed by atoms with Gasteiger partial charge in [-0.05, 0) is 29.2 Å². The normalized spacial score (nSPS) is 16.4. The zero-order valence-corrected chi connectivity index (χ0v) is 11.9. The summed E-state index contributed by atoms with van der Waals surface area (Å²) in [6.07, 6.45) is 3.66. The second-order valence-electron chi connectivity index (χ2n) is 4.72. The lowest BCUT2D eigenvalue weighted by Crippen LogP contribution is -2.19. The maximum absolute atomic E-state index is 12.0. The molecule has 0 saturated heterocycles. The molecule has 4 nitrogen and oxygen atoms in total. The van der Waals surface area contributed by atoms with E-state index in [9.17, 15) is 9.59 Å². The van der Waals surface area contributed by atoms with Crippen LogP contribution in [0.5, 0.6) is 0 Å². The first kappa shape index (κ1) is 14.3. The van der Waals surface area contributed by atoms with Crippen molar-refractivity contribution in [2.75, 3.05) is 14.2 Å². The molecule has 1 aromatic carbocycles. The Balaban J connectivity index is 2.54. The number of aryl methyl sites for hydroxylation is 1. The predicted molar refractivity (Wildman–Crippen MR) is 75.2 cm³/mol. The molecule has 106 valence electrons. The average Bonchev–Trinajstić information content (AvgIpc) is 2.86. The lowest BCUT2D eigenvalue weighted by Gasteiger charge is -2.13. The van der Waals surface area contributed by atoms with Crippen molar-refractivity contribution in [2.24, 2.45) is 0 Å². The molecule has 0 spiro atoms. The van der Waals surface area contributed by atoms with Gasteiger partial charge >= 0.3 is 11.9 Å². The highest BCUT2D eigenvalue weighted by Crippen LogP contribution is 2.39. The number of benzene rings is 1. The summed E-state index contributed by atoms with van der Waals surface area (Å²) in [7, 11) is 2.64. The molecule has 0 saturated carbocycles. The number of ether oxygens (including phenoxy) is 2. The molecule has 0 heterocycles. The molecule has 1 aromatic rings. The zero-order chi connectivity index (χ0) is 14.7. The van der Waals surface area contributed by atoms with Gasteiger partial charge in [-0.15, -0.1) is 0 Å². The minimum absolute atomic E-state index is 0.345. The van der Waals surface area contributed by atoms with Gasteiger partial charge in [0.2, 0.25) is 0 Å². The Morgan fingerprint density at radius 3 is 2.55 bits per heavy atom. The Labute approximate surface area is 118 Å². The van der Waals surface area contributed by atoms with E-state index in [4.69, 9.17) is 9.47 Å². The fourth-order valence-electron chi connectivity index (χ4n) is 2.62. The molecule has 1 unspecified atom stereocenters. The summed E-state index contributed by atoms with van der Waals surface area (Å²) in [4.78, 5) is 23.9. The highest BCUT2D eigenvalue weighted by Gasteiger charge is 2.37. The van der Waals surface area contributed by atoms with Crippen LogP contribution < -0.4 is 0 Å². The second kappa shape index (κ2) is 5.90. The summed E-state index contributed by atoms with van der Waals surface area (Å²) >= 11 is 0. The molecule has 0 aromatic heterocycles. The van der Waals surface area contributed by atoms with Gasteiger partial charge in [0.25, 0.3) is 0 Å². The number of carbonyl (C=O) groups is 2. The summed E-state index contributed by atoms with van der Waals surface area (Å²) in [6, 6.07) is 5.80. The third-order valence-electron chi connectivity index (χ3n) is 3.53. The summed E-state index contributed by atoms with van der Waals surface area (Å²) in [6.45, 7) is 2.09. The van der Waals surface area contributed by atoms with Gasteiger partial charge in [-0.25, -0.2) is 4.79 Å². The third kappa shape index (κ3) is 2.33. The highest BCUT2D eigenvalue weighted by atomic mass is 16.5. The van der Waals surface area contributed by atoms with Crippen molar-refractivity contribution in [3.8, 4) is 0 Å². The van der Waals surface area contributed by atoms with Gasteiger partial charge in [-0.1, -0.05) is 31.5 Å². The molecule has 1 atom stereocenters. The monoisotopic (exact) mass is 274 g/mol. The second-order valence-corrected chi connectivity index (χ2v) is 4.72. The summed E-state index contributed by atoms with van der Waals surface area (Å²) in [5.41, 5.74) is 3.25. The molecule has 0 amide bonds. The van der Waals surface area contributed by atoms with Crippen molar-refractivity contribution in [2.45, 2.75) is 25.7 Å². The first-order valence-electron chi connectivity index (χ1n) is 6.63. The van der Waals surface area contributed by atoms with E-state index < -0.39 is 17.9 Å². The Morgan fingerprint density at radius 2 is 1.95 bits per heavy atom. The first-order chi connectivity index (χ1) is 9.63. The van der Waals surface area contributed by atoms with Crippen LogP contribution in [0, 0.1) is 0 Å². The average molecular weight is 274 g/mol. The van der Waals surface area contributed by atoms with Crippen LogP contribution in [0.15, 0.2) is 23.8 Å². The Morgan fingerprint density at radius 1 is 1.20 bits per heavy atom. The van der Waals surface area contributed by atoms with E-state index >= 15 is 0 Å². The third-order valence-corrected chi connectivity index (χ3v) is 3.53. The van der Waals surface area contributed by atoms with Crippen LogP contribution >= 0.6 is 0 Å². The van der Waals surface area contributed by atoms with Gasteiger partial charge in [0.05, 0.1) is 19.8 Å². The molecule has 0 fully saturated rings. The lowest BCUT2D eigenvalue weighted by molar-refractivity contribution is -0.144. The minimum Gasteiger partial charge on any atom is -0.468 e. The quantitative estimate of drug-likeness (QED) is 0.791. The summed E-state index contributed by atoms with van der Waals surface area (Å²) in [5.74, 6) is -1.60. The number of methoxy groups -OCH3 is 2. The van der Waals surface area contributed by atoms with Gasteiger partial charge in [0.1, 0.15) is 5.92 Å². The van der Waals surface area contributed by atoms with Gasteiger partial charge in [0, 0.05) is 0 Å². The summed E-state index contributed by atoms with van der Waals surface area (Å²) < 4.78 is 9.60. The van der Waals surface area contributed by atoms with Crippen LogP contribution in [0.25, 0.3) is 6.08 Å². The van der Waals surface area contributed by atoms with E-state index in [1.54, 1.807) is 6.08 Å². The maximum Gasteiger partial charge on any atom is 0.334 e. The summed E-state index contributed by atoms with van der Waals surface area (Å²) in [5, 5.41) is 0. The Kier molecular flexibility index (Phi) is 4.23. The van der Waals surface area contributed by atoms with Crippen LogP contribution in [0.2, 0.25) is 0 Å². The number of carbonyl (C=O) groups excluding carboxylic acids is 2. The van der Waals surface area contributed by atoms with Gasteiger partial charge in [0.15, 0.2) is 0 Å². The Hall–Kier alpha value is -2.10. The van der Waals surface area contributed by atoms with Gasteiger partial charge in [-0.3, -0.25) is 4.79 Å². The van der Waals surface area contributed by atoms with Gasteiger partial charge in [-0.2, -0.15) is 0 Å². The number of hydrogen-bond donors (Lipinski definition) is 0. The smallest absolute Gasteiger partial charge is 0.334 e. The predicted octanol–water partition coefficient (Wildman–Crippen LogP) is 2.47. The fourth-order valence-corrected chi connectivity index (χ4v) is 2.62. The number of hydrogen-bond acceptors (Lipinski definition) is 4. The lowest BCUT2D eigenvalue weighted by atomic mass is 9.93. The minimum atomic E-state index is -0.681. The van der Waals surface area contributed by atoms with E-state index in [0.29, 0.717) is 5.57 Å². The molecule has 0 radical (unpaired) electrons. The van der Waals surface area contributed by atoms with E-state index in [1.165, 1.54) is 14.2 Å². The molecular weight excluding hydrogens is 256 g/mol. The molecule has 0 bridgehead atoms. The molecule has 0 aliphatic heterocycles. The fraction of sp³-hybridized carbons (Fsp3) is 0.375. The number of esters is 2. The van der Waals surface area contributed by atoms with Gasteiger partial charge < -0.3 is 9.47 Å². The van der Waals surface area contributed by atoms with E-state index in [0.717, 1.165) is 29.5 Å². The molecular formula is C16H18O4. The van der Waals surface area contributed by atoms with Crippen molar-refractivity contribution in [3.05, 3.63) is 40.5 Å². The number of fused-ring (bicyclic) bond motifs is 1. The van der Waals surface area contributed by atoms with Crippen molar-refractivity contribution < 1.29 is 19.1 Å². The van der Waals surface area contributed by atoms with E-state index in [-0.39, 0.29) is 0 Å². The maximum atomic E-state index is 12.0. The van der Waals surface area contributed by atoms with Crippen LogP contribution in [-0.2, 0) is 25.5 Å². The molecule has 2 rings (SSSR count). The molecule has 0 N–H and O–H groups in total. The van der Waals surface area contributed by atoms with Crippen LogP contribution in [-0.4, -0.2) is 26.2 Å². The van der Waals surface area contributed by atoms with Crippen molar-refractivity contribution in [1.82, 2.24) is 0 Å². The SMILES string of the molecule is CCCc1cccc2c1C=C(C(=O)OC)C2C(=O)OC. The topological polar surface area (TPSA) is 52.6 Å². The van der Waals surface area contributed by atoms with E-state index in [2.05, 4.69) is 6.92 Å². The molecule has 20 heavy (non-hydrogen) atoms. The molecule has 1 aliphatic carbocycles. The molecule has 1 aliphatic rings. The largest absolute Gasteiger partial charge is 0.468 e. The van der Waals surface area contributed by atoms with Crippen LogP contribution in [0.4, 0.5) is 0 Å². The Bertz CT molecular complexity index is 572. The van der Waals surface area contributed by atoms with Crippen molar-refractivity contribution in [3.63, 3.8) is 0 Å². The zero-order valence-electron chi connectivity index (χ0n) is 11.9.